The summed E-state index contributed by atoms with van der Waals surface area (Å²) in [7, 11) is 0. The highest BCUT2D eigenvalue weighted by molar-refractivity contribution is 5.00. The zero-order valence-electron chi connectivity index (χ0n) is 9.69. The molecule has 2 N–H and O–H groups in total. The SMILES string of the molecule is CCC(CN)c1nc(C2CCCOC2)no1. The smallest absolute Gasteiger partial charge is 0.231 e. The minimum Gasteiger partial charge on any atom is -0.381 e. The summed E-state index contributed by atoms with van der Waals surface area (Å²) in [4.78, 5) is 4.44. The molecule has 90 valence electrons. The van der Waals surface area contributed by atoms with Crippen LogP contribution >= 0.6 is 0 Å². The van der Waals surface area contributed by atoms with E-state index in [1.165, 1.54) is 0 Å². The molecule has 2 unspecified atom stereocenters. The molecule has 0 saturated carbocycles. The molecule has 1 fully saturated rings. The van der Waals surface area contributed by atoms with E-state index >= 15 is 0 Å². The number of hydrogen-bond acceptors (Lipinski definition) is 5. The summed E-state index contributed by atoms with van der Waals surface area (Å²) in [5, 5.41) is 4.04. The van der Waals surface area contributed by atoms with Crippen LogP contribution in [0.25, 0.3) is 0 Å². The molecular formula is C11H19N3O2. The van der Waals surface area contributed by atoms with Gasteiger partial charge in [-0.3, -0.25) is 0 Å². The summed E-state index contributed by atoms with van der Waals surface area (Å²) >= 11 is 0. The van der Waals surface area contributed by atoms with Crippen LogP contribution in [0.4, 0.5) is 0 Å². The zero-order chi connectivity index (χ0) is 11.4. The van der Waals surface area contributed by atoms with Crippen LogP contribution in [0.2, 0.25) is 0 Å². The lowest BCUT2D eigenvalue weighted by molar-refractivity contribution is 0.0773. The molecule has 0 radical (unpaired) electrons. The van der Waals surface area contributed by atoms with Gasteiger partial charge in [0.1, 0.15) is 0 Å². The molecule has 1 aromatic rings. The van der Waals surface area contributed by atoms with Crippen molar-refractivity contribution in [1.29, 1.82) is 0 Å². The minimum atomic E-state index is 0.186. The maximum Gasteiger partial charge on any atom is 0.231 e. The van der Waals surface area contributed by atoms with Crippen LogP contribution in [0.3, 0.4) is 0 Å². The number of hydrogen-bond donors (Lipinski definition) is 1. The lowest BCUT2D eigenvalue weighted by Gasteiger charge is -2.18. The highest BCUT2D eigenvalue weighted by atomic mass is 16.5. The van der Waals surface area contributed by atoms with Crippen molar-refractivity contribution in [1.82, 2.24) is 10.1 Å². The highest BCUT2D eigenvalue weighted by Crippen LogP contribution is 2.25. The van der Waals surface area contributed by atoms with E-state index in [4.69, 9.17) is 15.0 Å². The molecular weight excluding hydrogens is 206 g/mol. The number of aromatic nitrogens is 2. The van der Waals surface area contributed by atoms with E-state index in [-0.39, 0.29) is 5.92 Å². The minimum absolute atomic E-state index is 0.186. The first-order chi connectivity index (χ1) is 7.85. The van der Waals surface area contributed by atoms with Gasteiger partial charge in [-0.15, -0.1) is 0 Å². The fourth-order valence-corrected chi connectivity index (χ4v) is 1.97. The standard InChI is InChI=1S/C11H19N3O2/c1-2-8(6-12)11-13-10(14-16-11)9-4-3-5-15-7-9/h8-9H,2-7,12H2,1H3. The predicted molar refractivity (Wildman–Crippen MR) is 59.2 cm³/mol. The Labute approximate surface area is 95.3 Å². The highest BCUT2D eigenvalue weighted by Gasteiger charge is 2.23. The van der Waals surface area contributed by atoms with Crippen LogP contribution in [0.15, 0.2) is 4.52 Å². The van der Waals surface area contributed by atoms with E-state index < -0.39 is 0 Å². The van der Waals surface area contributed by atoms with E-state index in [0.29, 0.717) is 25.0 Å². The normalized spacial score (nSPS) is 23.2. The molecule has 1 aromatic heterocycles. The Morgan fingerprint density at radius 3 is 3.06 bits per heavy atom. The van der Waals surface area contributed by atoms with Crippen molar-refractivity contribution in [2.45, 2.75) is 38.0 Å². The van der Waals surface area contributed by atoms with E-state index in [2.05, 4.69) is 17.1 Å². The first-order valence-electron chi connectivity index (χ1n) is 5.96. The molecule has 2 heterocycles. The van der Waals surface area contributed by atoms with Gasteiger partial charge in [-0.2, -0.15) is 4.98 Å². The van der Waals surface area contributed by atoms with E-state index in [1.54, 1.807) is 0 Å². The number of rotatable bonds is 4. The Hall–Kier alpha value is -0.940. The molecule has 0 amide bonds. The van der Waals surface area contributed by atoms with Crippen LogP contribution in [0.1, 0.15) is 49.7 Å². The molecule has 0 spiro atoms. The van der Waals surface area contributed by atoms with Gasteiger partial charge in [-0.1, -0.05) is 12.1 Å². The topological polar surface area (TPSA) is 74.2 Å². The number of nitrogens with two attached hydrogens (primary N) is 1. The molecule has 0 aromatic carbocycles. The first-order valence-corrected chi connectivity index (χ1v) is 5.96. The molecule has 5 heteroatoms. The molecule has 1 saturated heterocycles. The second-order valence-corrected chi connectivity index (χ2v) is 4.25. The van der Waals surface area contributed by atoms with Crippen molar-refractivity contribution >= 4 is 0 Å². The maximum atomic E-state index is 5.65. The predicted octanol–water partition coefficient (Wildman–Crippen LogP) is 1.42. The van der Waals surface area contributed by atoms with Crippen molar-refractivity contribution in [3.8, 4) is 0 Å². The molecule has 2 rings (SSSR count). The van der Waals surface area contributed by atoms with Crippen molar-refractivity contribution in [2.75, 3.05) is 19.8 Å². The van der Waals surface area contributed by atoms with Crippen molar-refractivity contribution < 1.29 is 9.26 Å². The molecule has 2 atom stereocenters. The average Bonchev–Trinajstić information content (AvgIpc) is 2.81. The monoisotopic (exact) mass is 225 g/mol. The van der Waals surface area contributed by atoms with Crippen LogP contribution in [0, 0.1) is 0 Å². The zero-order valence-corrected chi connectivity index (χ0v) is 9.69. The molecule has 1 aliphatic rings. The van der Waals surface area contributed by atoms with Gasteiger partial charge in [0.2, 0.25) is 5.89 Å². The van der Waals surface area contributed by atoms with Gasteiger partial charge in [-0.05, 0) is 19.3 Å². The third-order valence-corrected chi connectivity index (χ3v) is 3.11. The molecule has 1 aliphatic heterocycles. The summed E-state index contributed by atoms with van der Waals surface area (Å²) in [5.41, 5.74) is 5.65. The lowest BCUT2D eigenvalue weighted by atomic mass is 10.0. The van der Waals surface area contributed by atoms with Gasteiger partial charge in [0.05, 0.1) is 12.5 Å². The van der Waals surface area contributed by atoms with E-state index in [0.717, 1.165) is 31.7 Å². The van der Waals surface area contributed by atoms with Crippen LogP contribution in [-0.4, -0.2) is 29.9 Å². The number of nitrogens with zero attached hydrogens (tertiary/aromatic N) is 2. The van der Waals surface area contributed by atoms with Crippen molar-refractivity contribution in [3.63, 3.8) is 0 Å². The summed E-state index contributed by atoms with van der Waals surface area (Å²) in [6.45, 7) is 4.18. The second-order valence-electron chi connectivity index (χ2n) is 4.25. The average molecular weight is 225 g/mol. The Kier molecular flexibility index (Phi) is 3.90. The van der Waals surface area contributed by atoms with Crippen LogP contribution in [-0.2, 0) is 4.74 Å². The number of ether oxygens (including phenoxy) is 1. The third kappa shape index (κ3) is 2.41. The largest absolute Gasteiger partial charge is 0.381 e. The van der Waals surface area contributed by atoms with Crippen molar-refractivity contribution in [2.24, 2.45) is 5.73 Å². The van der Waals surface area contributed by atoms with Gasteiger partial charge >= 0.3 is 0 Å². The van der Waals surface area contributed by atoms with Gasteiger partial charge in [-0.25, -0.2) is 0 Å². The van der Waals surface area contributed by atoms with Gasteiger partial charge in [0.25, 0.3) is 0 Å². The van der Waals surface area contributed by atoms with E-state index in [1.807, 2.05) is 0 Å². The molecule has 0 aliphatic carbocycles. The summed E-state index contributed by atoms with van der Waals surface area (Å²) in [5.74, 6) is 1.93. The Morgan fingerprint density at radius 1 is 1.56 bits per heavy atom. The quantitative estimate of drug-likeness (QED) is 0.838. The maximum absolute atomic E-state index is 5.65. The molecule has 0 bridgehead atoms. The fraction of sp³-hybridized carbons (Fsp3) is 0.818. The third-order valence-electron chi connectivity index (χ3n) is 3.11. The van der Waals surface area contributed by atoms with Crippen molar-refractivity contribution in [3.05, 3.63) is 11.7 Å². The van der Waals surface area contributed by atoms with E-state index in [9.17, 15) is 0 Å². The summed E-state index contributed by atoms with van der Waals surface area (Å²) < 4.78 is 10.7. The Morgan fingerprint density at radius 2 is 2.44 bits per heavy atom. The van der Waals surface area contributed by atoms with Crippen LogP contribution in [0.5, 0.6) is 0 Å². The van der Waals surface area contributed by atoms with Gasteiger partial charge in [0, 0.05) is 19.1 Å². The summed E-state index contributed by atoms with van der Waals surface area (Å²) in [6.07, 6.45) is 3.08. The van der Waals surface area contributed by atoms with Gasteiger partial charge in [0.15, 0.2) is 5.82 Å². The van der Waals surface area contributed by atoms with Crippen LogP contribution < -0.4 is 5.73 Å². The Balaban J connectivity index is 2.05. The second kappa shape index (κ2) is 5.41. The Bertz CT molecular complexity index is 317. The fourth-order valence-electron chi connectivity index (χ4n) is 1.97. The molecule has 5 nitrogen and oxygen atoms in total. The lowest BCUT2D eigenvalue weighted by Crippen LogP contribution is -2.17. The van der Waals surface area contributed by atoms with Gasteiger partial charge < -0.3 is 15.0 Å². The molecule has 16 heavy (non-hydrogen) atoms. The summed E-state index contributed by atoms with van der Waals surface area (Å²) in [6, 6.07) is 0. The first kappa shape index (κ1) is 11.5.